The molecule has 1 saturated heterocycles. The first-order chi connectivity index (χ1) is 10.6. The predicted octanol–water partition coefficient (Wildman–Crippen LogP) is 2.69. The summed E-state index contributed by atoms with van der Waals surface area (Å²) in [6.45, 7) is 3.44. The minimum Gasteiger partial charge on any atom is -0.381 e. The molecule has 1 atom stereocenters. The molecule has 0 spiro atoms. The molecule has 1 fully saturated rings. The van der Waals surface area contributed by atoms with Crippen molar-refractivity contribution in [2.45, 2.75) is 25.8 Å². The van der Waals surface area contributed by atoms with Gasteiger partial charge in [0.05, 0.1) is 11.7 Å². The minimum absolute atomic E-state index is 0.0478. The van der Waals surface area contributed by atoms with Gasteiger partial charge in [0, 0.05) is 25.1 Å². The summed E-state index contributed by atoms with van der Waals surface area (Å²) in [6.07, 6.45) is 1.96. The molecule has 1 aliphatic rings. The van der Waals surface area contributed by atoms with E-state index in [9.17, 15) is 4.79 Å². The topological polar surface area (TPSA) is 56.1 Å². The molecule has 22 heavy (non-hydrogen) atoms. The fourth-order valence-electron chi connectivity index (χ4n) is 2.98. The van der Waals surface area contributed by atoms with Gasteiger partial charge in [0.25, 0.3) is 5.91 Å². The van der Waals surface area contributed by atoms with Gasteiger partial charge in [-0.25, -0.2) is 0 Å². The fraction of sp³-hybridized carbons (Fsp3) is 0.500. The van der Waals surface area contributed by atoms with E-state index in [0.29, 0.717) is 11.6 Å². The molecule has 118 valence electrons. The Labute approximate surface area is 134 Å². The van der Waals surface area contributed by atoms with Crippen LogP contribution in [0, 0.1) is 12.8 Å². The van der Waals surface area contributed by atoms with Crippen LogP contribution in [0.5, 0.6) is 0 Å². The van der Waals surface area contributed by atoms with Crippen molar-refractivity contribution in [3.05, 3.63) is 39.8 Å². The van der Waals surface area contributed by atoms with Crippen molar-refractivity contribution >= 4 is 17.2 Å². The lowest BCUT2D eigenvalue weighted by Crippen LogP contribution is -2.36. The van der Waals surface area contributed by atoms with Gasteiger partial charge in [0.15, 0.2) is 0 Å². The van der Waals surface area contributed by atoms with Crippen molar-refractivity contribution in [3.8, 4) is 0 Å². The zero-order valence-corrected chi connectivity index (χ0v) is 13.7. The second kappa shape index (κ2) is 6.62. The molecule has 6 heteroatoms. The van der Waals surface area contributed by atoms with Crippen LogP contribution in [0.15, 0.2) is 23.6 Å². The Morgan fingerprint density at radius 2 is 2.27 bits per heavy atom. The van der Waals surface area contributed by atoms with Crippen LogP contribution in [-0.4, -0.2) is 28.9 Å². The molecule has 2 aromatic heterocycles. The molecule has 0 aliphatic carbocycles. The Hall–Kier alpha value is -1.66. The molecule has 5 nitrogen and oxygen atoms in total. The quantitative estimate of drug-likeness (QED) is 0.942. The summed E-state index contributed by atoms with van der Waals surface area (Å²) >= 11 is 1.69. The van der Waals surface area contributed by atoms with Crippen LogP contribution < -0.4 is 5.32 Å². The molecule has 0 saturated carbocycles. The average molecular weight is 319 g/mol. The molecular formula is C16H21N3O2S. The molecule has 3 rings (SSSR count). The third-order valence-electron chi connectivity index (χ3n) is 4.11. The summed E-state index contributed by atoms with van der Waals surface area (Å²) in [5.74, 6) is 0.360. The first kappa shape index (κ1) is 15.2. The summed E-state index contributed by atoms with van der Waals surface area (Å²) < 4.78 is 7.09. The number of carbonyl (C=O) groups excluding carboxylic acids is 1. The van der Waals surface area contributed by atoms with Crippen molar-refractivity contribution in [1.29, 1.82) is 0 Å². The zero-order chi connectivity index (χ0) is 15.5. The summed E-state index contributed by atoms with van der Waals surface area (Å²) in [6, 6.07) is 6.00. The number of thiophene rings is 1. The van der Waals surface area contributed by atoms with Crippen LogP contribution in [0.2, 0.25) is 0 Å². The van der Waals surface area contributed by atoms with E-state index in [1.165, 1.54) is 4.88 Å². The first-order valence-corrected chi connectivity index (χ1v) is 8.46. The van der Waals surface area contributed by atoms with Gasteiger partial charge < -0.3 is 10.1 Å². The minimum atomic E-state index is -0.0620. The number of nitrogens with zero attached hydrogens (tertiary/aromatic N) is 2. The van der Waals surface area contributed by atoms with Crippen molar-refractivity contribution in [3.63, 3.8) is 0 Å². The predicted molar refractivity (Wildman–Crippen MR) is 86.0 cm³/mol. The van der Waals surface area contributed by atoms with Crippen LogP contribution in [-0.2, 0) is 11.8 Å². The zero-order valence-electron chi connectivity index (χ0n) is 12.9. The van der Waals surface area contributed by atoms with Crippen molar-refractivity contribution in [1.82, 2.24) is 15.1 Å². The molecule has 2 aromatic rings. The van der Waals surface area contributed by atoms with E-state index in [-0.39, 0.29) is 11.9 Å². The summed E-state index contributed by atoms with van der Waals surface area (Å²) in [5, 5.41) is 9.53. The molecule has 1 N–H and O–H groups in total. The first-order valence-electron chi connectivity index (χ1n) is 7.58. The summed E-state index contributed by atoms with van der Waals surface area (Å²) in [5.41, 5.74) is 1.46. The third-order valence-corrected chi connectivity index (χ3v) is 5.06. The maximum absolute atomic E-state index is 12.6. The second-order valence-corrected chi connectivity index (χ2v) is 6.69. The van der Waals surface area contributed by atoms with Gasteiger partial charge in [-0.05, 0) is 43.2 Å². The van der Waals surface area contributed by atoms with Crippen LogP contribution in [0.1, 0.15) is 39.9 Å². The van der Waals surface area contributed by atoms with Gasteiger partial charge in [0.1, 0.15) is 5.69 Å². The highest BCUT2D eigenvalue weighted by atomic mass is 32.1. The normalized spacial score (nSPS) is 17.4. The van der Waals surface area contributed by atoms with Gasteiger partial charge >= 0.3 is 0 Å². The summed E-state index contributed by atoms with van der Waals surface area (Å²) in [7, 11) is 1.80. The number of hydrogen-bond donors (Lipinski definition) is 1. The van der Waals surface area contributed by atoms with Crippen LogP contribution in [0.3, 0.4) is 0 Å². The van der Waals surface area contributed by atoms with Crippen molar-refractivity contribution in [2.75, 3.05) is 13.2 Å². The average Bonchev–Trinajstić information content (AvgIpc) is 3.15. The van der Waals surface area contributed by atoms with Crippen molar-refractivity contribution < 1.29 is 9.53 Å². The molecule has 3 heterocycles. The van der Waals surface area contributed by atoms with Gasteiger partial charge in [-0.2, -0.15) is 5.10 Å². The molecule has 1 amide bonds. The Morgan fingerprint density at radius 3 is 2.86 bits per heavy atom. The van der Waals surface area contributed by atoms with E-state index in [1.54, 1.807) is 23.1 Å². The van der Waals surface area contributed by atoms with E-state index < -0.39 is 0 Å². The third kappa shape index (κ3) is 3.23. The smallest absolute Gasteiger partial charge is 0.270 e. The van der Waals surface area contributed by atoms with E-state index in [4.69, 9.17) is 4.74 Å². The highest BCUT2D eigenvalue weighted by molar-refractivity contribution is 7.10. The highest BCUT2D eigenvalue weighted by Crippen LogP contribution is 2.32. The number of carbonyl (C=O) groups is 1. The standard InChI is InChI=1S/C16H21N3O2S/c1-11-10-13(19(2)18-11)16(20)17-15(14-4-3-9-22-14)12-5-7-21-8-6-12/h3-4,9-10,12,15H,5-8H2,1-2H3,(H,17,20)/t15-/m1/s1. The number of hydrogen-bond acceptors (Lipinski definition) is 4. The molecule has 1 aliphatic heterocycles. The molecule has 0 bridgehead atoms. The largest absolute Gasteiger partial charge is 0.381 e. The maximum Gasteiger partial charge on any atom is 0.270 e. The number of aryl methyl sites for hydroxylation is 2. The maximum atomic E-state index is 12.6. The molecule has 0 unspecified atom stereocenters. The highest BCUT2D eigenvalue weighted by Gasteiger charge is 2.28. The van der Waals surface area contributed by atoms with E-state index in [0.717, 1.165) is 31.7 Å². The lowest BCUT2D eigenvalue weighted by atomic mass is 9.90. The second-order valence-electron chi connectivity index (χ2n) is 5.71. The lowest BCUT2D eigenvalue weighted by Gasteiger charge is -2.30. The Kier molecular flexibility index (Phi) is 4.59. The Bertz CT molecular complexity index is 630. The van der Waals surface area contributed by atoms with Gasteiger partial charge in [-0.15, -0.1) is 11.3 Å². The number of rotatable bonds is 4. The molecule has 0 aromatic carbocycles. The number of aromatic nitrogens is 2. The van der Waals surface area contributed by atoms with Gasteiger partial charge in [-0.1, -0.05) is 6.07 Å². The van der Waals surface area contributed by atoms with Gasteiger partial charge in [-0.3, -0.25) is 9.48 Å². The summed E-state index contributed by atoms with van der Waals surface area (Å²) in [4.78, 5) is 13.8. The van der Waals surface area contributed by atoms with E-state index in [2.05, 4.69) is 21.9 Å². The fourth-order valence-corrected chi connectivity index (χ4v) is 3.85. The lowest BCUT2D eigenvalue weighted by molar-refractivity contribution is 0.0517. The van der Waals surface area contributed by atoms with E-state index >= 15 is 0 Å². The van der Waals surface area contributed by atoms with Gasteiger partial charge in [0.2, 0.25) is 0 Å². The number of nitrogens with one attached hydrogen (secondary N) is 1. The van der Waals surface area contributed by atoms with Crippen LogP contribution >= 0.6 is 11.3 Å². The molecule has 0 radical (unpaired) electrons. The Morgan fingerprint density at radius 1 is 1.50 bits per heavy atom. The van der Waals surface area contributed by atoms with E-state index in [1.807, 2.05) is 19.1 Å². The number of amides is 1. The number of ether oxygens (including phenoxy) is 1. The Balaban J connectivity index is 1.80. The monoisotopic (exact) mass is 319 g/mol. The van der Waals surface area contributed by atoms with Crippen LogP contribution in [0.4, 0.5) is 0 Å². The van der Waals surface area contributed by atoms with Crippen LogP contribution in [0.25, 0.3) is 0 Å². The molecular weight excluding hydrogens is 298 g/mol. The SMILES string of the molecule is Cc1cc(C(=O)N[C@@H](c2cccs2)C2CCOCC2)n(C)n1. The van der Waals surface area contributed by atoms with Crippen molar-refractivity contribution in [2.24, 2.45) is 13.0 Å².